The van der Waals surface area contributed by atoms with E-state index in [-0.39, 0.29) is 0 Å². The minimum absolute atomic E-state index is 0.858. The molecule has 2 aromatic rings. The average Bonchev–Trinajstić information content (AvgIpc) is 2.27. The van der Waals surface area contributed by atoms with Crippen molar-refractivity contribution < 1.29 is 0 Å². The van der Waals surface area contributed by atoms with Gasteiger partial charge in [-0.1, -0.05) is 55.7 Å². The summed E-state index contributed by atoms with van der Waals surface area (Å²) in [6.07, 6.45) is 0. The fraction of sp³-hybridized carbons (Fsp3) is 0.231. The van der Waals surface area contributed by atoms with Crippen LogP contribution in [0.5, 0.6) is 0 Å². The standard InChI is InChI=1S/C11H9B.C2H6/c1-8-6-7-11(12)10-5-3-2-4-9(8)10;1-2/h2-7H,1H3;1-2H3. The monoisotopic (exact) mass is 182 g/mol. The molecule has 70 valence electrons. The molecule has 0 fully saturated rings. The van der Waals surface area contributed by atoms with Gasteiger partial charge in [0.2, 0.25) is 0 Å². The van der Waals surface area contributed by atoms with Crippen molar-refractivity contribution in [2.45, 2.75) is 20.8 Å². The molecule has 2 aromatic carbocycles. The SMILES string of the molecule is CC.[B]c1ccc(C)c2ccccc12. The van der Waals surface area contributed by atoms with Crippen LogP contribution in [-0.4, -0.2) is 7.85 Å². The van der Waals surface area contributed by atoms with Crippen LogP contribution < -0.4 is 5.46 Å². The second kappa shape index (κ2) is 4.85. The second-order valence-electron chi connectivity index (χ2n) is 3.02. The lowest BCUT2D eigenvalue weighted by Gasteiger charge is -2.04. The van der Waals surface area contributed by atoms with Crippen molar-refractivity contribution in [1.82, 2.24) is 0 Å². The summed E-state index contributed by atoms with van der Waals surface area (Å²) in [5.74, 6) is 0. The third-order valence-electron chi connectivity index (χ3n) is 2.18. The van der Waals surface area contributed by atoms with Gasteiger partial charge in [0.05, 0.1) is 0 Å². The van der Waals surface area contributed by atoms with E-state index in [9.17, 15) is 0 Å². The van der Waals surface area contributed by atoms with Gasteiger partial charge in [0.25, 0.3) is 0 Å². The largest absolute Gasteiger partial charge is 0.114 e. The average molecular weight is 182 g/mol. The Hall–Kier alpha value is -1.24. The van der Waals surface area contributed by atoms with Gasteiger partial charge in [-0.15, -0.1) is 0 Å². The molecule has 0 aromatic heterocycles. The van der Waals surface area contributed by atoms with Crippen LogP contribution in [0.2, 0.25) is 0 Å². The van der Waals surface area contributed by atoms with E-state index >= 15 is 0 Å². The summed E-state index contributed by atoms with van der Waals surface area (Å²) >= 11 is 0. The topological polar surface area (TPSA) is 0 Å². The van der Waals surface area contributed by atoms with Crippen LogP contribution in [0.15, 0.2) is 36.4 Å². The van der Waals surface area contributed by atoms with Gasteiger partial charge in [-0.05, 0) is 23.3 Å². The summed E-state index contributed by atoms with van der Waals surface area (Å²) < 4.78 is 0. The van der Waals surface area contributed by atoms with Gasteiger partial charge < -0.3 is 0 Å². The molecule has 2 rings (SSSR count). The zero-order valence-corrected chi connectivity index (χ0v) is 9.04. The smallest absolute Gasteiger partial charge is 0.0890 e. The maximum Gasteiger partial charge on any atom is 0.114 e. The van der Waals surface area contributed by atoms with E-state index in [0.717, 1.165) is 10.8 Å². The Labute approximate surface area is 87.4 Å². The van der Waals surface area contributed by atoms with Crippen molar-refractivity contribution in [3.63, 3.8) is 0 Å². The maximum atomic E-state index is 5.83. The second-order valence-corrected chi connectivity index (χ2v) is 3.02. The molecular formula is C13H15B. The highest BCUT2D eigenvalue weighted by Gasteiger charge is 1.96. The Morgan fingerprint density at radius 3 is 2.00 bits per heavy atom. The molecule has 0 saturated heterocycles. The quantitative estimate of drug-likeness (QED) is 0.549. The molecule has 0 amide bonds. The molecule has 0 atom stereocenters. The molecule has 0 aliphatic carbocycles. The predicted octanol–water partition coefficient (Wildman–Crippen LogP) is 2.97. The highest BCUT2D eigenvalue weighted by Crippen LogP contribution is 2.14. The zero-order valence-electron chi connectivity index (χ0n) is 9.04. The van der Waals surface area contributed by atoms with Crippen LogP contribution in [0.3, 0.4) is 0 Å². The number of benzene rings is 2. The van der Waals surface area contributed by atoms with Crippen LogP contribution in [-0.2, 0) is 0 Å². The Morgan fingerprint density at radius 1 is 0.857 bits per heavy atom. The van der Waals surface area contributed by atoms with Gasteiger partial charge in [-0.2, -0.15) is 0 Å². The molecule has 0 spiro atoms. The van der Waals surface area contributed by atoms with E-state index in [0.29, 0.717) is 0 Å². The zero-order chi connectivity index (χ0) is 10.6. The Bertz CT molecular complexity index is 378. The van der Waals surface area contributed by atoms with Crippen molar-refractivity contribution in [1.29, 1.82) is 0 Å². The molecule has 2 radical (unpaired) electrons. The van der Waals surface area contributed by atoms with Crippen molar-refractivity contribution >= 4 is 24.1 Å². The normalized spacial score (nSPS) is 9.36. The minimum atomic E-state index is 0.858. The van der Waals surface area contributed by atoms with Gasteiger partial charge in [-0.3, -0.25) is 0 Å². The Balaban J connectivity index is 0.000000461. The molecule has 0 saturated carbocycles. The summed E-state index contributed by atoms with van der Waals surface area (Å²) in [6.45, 7) is 6.10. The van der Waals surface area contributed by atoms with Gasteiger partial charge in [0.1, 0.15) is 7.85 Å². The fourth-order valence-electron chi connectivity index (χ4n) is 1.47. The van der Waals surface area contributed by atoms with E-state index < -0.39 is 0 Å². The number of hydrogen-bond donors (Lipinski definition) is 0. The van der Waals surface area contributed by atoms with E-state index in [1.807, 2.05) is 32.0 Å². The van der Waals surface area contributed by atoms with Crippen LogP contribution in [0, 0.1) is 6.92 Å². The number of aryl methyl sites for hydroxylation is 1. The highest BCUT2D eigenvalue weighted by molar-refractivity contribution is 6.38. The number of fused-ring (bicyclic) bond motifs is 1. The van der Waals surface area contributed by atoms with Crippen molar-refractivity contribution in [3.8, 4) is 0 Å². The van der Waals surface area contributed by atoms with Crippen LogP contribution in [0.4, 0.5) is 0 Å². The summed E-state index contributed by atoms with van der Waals surface area (Å²) in [7, 11) is 5.83. The molecule has 0 N–H and O–H groups in total. The third kappa shape index (κ3) is 1.98. The molecule has 14 heavy (non-hydrogen) atoms. The van der Waals surface area contributed by atoms with E-state index in [1.165, 1.54) is 10.9 Å². The lowest BCUT2D eigenvalue weighted by Crippen LogP contribution is -2.03. The highest BCUT2D eigenvalue weighted by atomic mass is 14.0. The summed E-state index contributed by atoms with van der Waals surface area (Å²) in [6, 6.07) is 12.2. The first kappa shape index (κ1) is 10.8. The molecule has 0 aliphatic rings. The maximum absolute atomic E-state index is 5.83. The van der Waals surface area contributed by atoms with Crippen molar-refractivity contribution in [2.24, 2.45) is 0 Å². The molecule has 0 unspecified atom stereocenters. The van der Waals surface area contributed by atoms with E-state index in [4.69, 9.17) is 7.85 Å². The first-order valence-corrected chi connectivity index (χ1v) is 5.03. The van der Waals surface area contributed by atoms with Crippen molar-refractivity contribution in [3.05, 3.63) is 42.0 Å². The summed E-state index contributed by atoms with van der Waals surface area (Å²) in [4.78, 5) is 0. The molecular weight excluding hydrogens is 167 g/mol. The Morgan fingerprint density at radius 2 is 1.43 bits per heavy atom. The van der Waals surface area contributed by atoms with Crippen LogP contribution >= 0.6 is 0 Å². The molecule has 0 nitrogen and oxygen atoms in total. The first-order chi connectivity index (χ1) is 6.79. The third-order valence-corrected chi connectivity index (χ3v) is 2.18. The lowest BCUT2D eigenvalue weighted by molar-refractivity contribution is 1.50. The fourth-order valence-corrected chi connectivity index (χ4v) is 1.47. The molecule has 0 aliphatic heterocycles. The van der Waals surface area contributed by atoms with E-state index in [2.05, 4.69) is 25.1 Å². The molecule has 0 heterocycles. The molecule has 1 heteroatoms. The predicted molar refractivity (Wildman–Crippen MR) is 65.4 cm³/mol. The number of hydrogen-bond acceptors (Lipinski definition) is 0. The summed E-state index contributed by atoms with van der Waals surface area (Å²) in [5.41, 5.74) is 2.14. The first-order valence-electron chi connectivity index (χ1n) is 5.03. The minimum Gasteiger partial charge on any atom is -0.0890 e. The van der Waals surface area contributed by atoms with Crippen LogP contribution in [0.25, 0.3) is 10.8 Å². The Kier molecular flexibility index (Phi) is 3.76. The van der Waals surface area contributed by atoms with Crippen LogP contribution in [0.1, 0.15) is 19.4 Å². The molecule has 0 bridgehead atoms. The lowest BCUT2D eigenvalue weighted by atomic mass is 9.88. The summed E-state index contributed by atoms with van der Waals surface area (Å²) in [5, 5.41) is 2.40. The van der Waals surface area contributed by atoms with Gasteiger partial charge in [0, 0.05) is 0 Å². The van der Waals surface area contributed by atoms with Crippen molar-refractivity contribution in [2.75, 3.05) is 0 Å². The number of rotatable bonds is 0. The van der Waals surface area contributed by atoms with Gasteiger partial charge in [-0.25, -0.2) is 0 Å². The van der Waals surface area contributed by atoms with Gasteiger partial charge in [0.15, 0.2) is 0 Å². The van der Waals surface area contributed by atoms with Gasteiger partial charge >= 0.3 is 0 Å². The van der Waals surface area contributed by atoms with E-state index in [1.54, 1.807) is 0 Å².